The van der Waals surface area contributed by atoms with Crippen molar-refractivity contribution in [1.82, 2.24) is 10.2 Å². The van der Waals surface area contributed by atoms with Gasteiger partial charge in [0.05, 0.1) is 6.26 Å². The zero-order valence-corrected chi connectivity index (χ0v) is 14.5. The number of nitrogens with zero attached hydrogens (tertiary/aromatic N) is 1. The molecule has 26 heavy (non-hydrogen) atoms. The largest absolute Gasteiger partial charge is 0.469 e. The summed E-state index contributed by atoms with van der Waals surface area (Å²) in [7, 11) is 0. The summed E-state index contributed by atoms with van der Waals surface area (Å²) in [5.41, 5.74) is 0.769. The van der Waals surface area contributed by atoms with Gasteiger partial charge >= 0.3 is 0 Å². The highest BCUT2D eigenvalue weighted by Gasteiger charge is 2.46. The Balaban J connectivity index is 1.22. The van der Waals surface area contributed by atoms with Crippen molar-refractivity contribution < 1.29 is 18.0 Å². The Bertz CT molecular complexity index is 770. The van der Waals surface area contributed by atoms with E-state index in [4.69, 9.17) is 4.42 Å². The van der Waals surface area contributed by atoms with E-state index >= 15 is 0 Å². The van der Waals surface area contributed by atoms with Crippen LogP contribution in [0.5, 0.6) is 0 Å². The van der Waals surface area contributed by atoms with Gasteiger partial charge in [0, 0.05) is 37.5 Å². The second-order valence-corrected chi connectivity index (χ2v) is 7.27. The number of halogens is 2. The predicted octanol–water partition coefficient (Wildman–Crippen LogP) is 3.44. The quantitative estimate of drug-likeness (QED) is 0.888. The van der Waals surface area contributed by atoms with Gasteiger partial charge in [0.15, 0.2) is 11.6 Å². The molecule has 1 amide bonds. The summed E-state index contributed by atoms with van der Waals surface area (Å²) in [5.74, 6) is -0.361. The molecule has 1 saturated heterocycles. The fraction of sp³-hybridized carbons (Fsp3) is 0.450. The molecule has 0 radical (unpaired) electrons. The number of amides is 1. The molecule has 0 bridgehead atoms. The number of furan rings is 1. The van der Waals surface area contributed by atoms with E-state index in [2.05, 4.69) is 10.2 Å². The summed E-state index contributed by atoms with van der Waals surface area (Å²) < 4.78 is 31.7. The van der Waals surface area contributed by atoms with Crippen molar-refractivity contribution in [2.45, 2.75) is 37.8 Å². The first-order valence-electron chi connectivity index (χ1n) is 9.10. The summed E-state index contributed by atoms with van der Waals surface area (Å²) >= 11 is 0. The number of carbonyl (C=O) groups is 1. The van der Waals surface area contributed by atoms with Crippen molar-refractivity contribution in [1.29, 1.82) is 0 Å². The highest BCUT2D eigenvalue weighted by atomic mass is 19.2. The Labute approximate surface area is 151 Å². The van der Waals surface area contributed by atoms with Crippen LogP contribution in [0.1, 0.15) is 36.5 Å². The van der Waals surface area contributed by atoms with Gasteiger partial charge in [-0.2, -0.15) is 0 Å². The second kappa shape index (κ2) is 7.19. The van der Waals surface area contributed by atoms with E-state index in [0.717, 1.165) is 43.7 Å². The first-order chi connectivity index (χ1) is 12.6. The third kappa shape index (κ3) is 3.80. The van der Waals surface area contributed by atoms with Crippen molar-refractivity contribution in [2.24, 2.45) is 5.92 Å². The SMILES string of the molecule is O=C(NC1CCN(Cc2ccc(F)c(F)c2)CC1)C1CC1c1ccco1. The van der Waals surface area contributed by atoms with Gasteiger partial charge in [0.2, 0.25) is 5.91 Å². The van der Waals surface area contributed by atoms with Crippen LogP contribution in [0, 0.1) is 17.6 Å². The van der Waals surface area contributed by atoms with Gasteiger partial charge in [-0.05, 0) is 49.1 Å². The standard InChI is InChI=1S/C20H22F2N2O2/c21-17-4-3-13(10-18(17)22)12-24-7-5-14(6-8-24)23-20(25)16-11-15(16)19-2-1-9-26-19/h1-4,9-10,14-16H,5-8,11-12H2,(H,23,25). The maximum absolute atomic E-state index is 13.3. The maximum atomic E-state index is 13.3. The molecule has 4 rings (SSSR count). The van der Waals surface area contributed by atoms with E-state index in [0.29, 0.717) is 6.54 Å². The molecule has 0 spiro atoms. The van der Waals surface area contributed by atoms with E-state index in [1.54, 1.807) is 12.3 Å². The minimum Gasteiger partial charge on any atom is -0.469 e. The Morgan fingerprint density at radius 1 is 1.19 bits per heavy atom. The average Bonchev–Trinajstić information content (AvgIpc) is 3.25. The summed E-state index contributed by atoms with van der Waals surface area (Å²) in [5, 5.41) is 3.16. The lowest BCUT2D eigenvalue weighted by atomic mass is 10.0. The van der Waals surface area contributed by atoms with E-state index in [1.165, 1.54) is 12.1 Å². The molecule has 6 heteroatoms. The summed E-state index contributed by atoms with van der Waals surface area (Å²) in [4.78, 5) is 14.6. The number of piperidine rings is 1. The van der Waals surface area contributed by atoms with Crippen LogP contribution in [0.15, 0.2) is 41.0 Å². The first-order valence-corrected chi connectivity index (χ1v) is 9.10. The fourth-order valence-electron chi connectivity index (χ4n) is 3.74. The van der Waals surface area contributed by atoms with Crippen LogP contribution < -0.4 is 5.32 Å². The van der Waals surface area contributed by atoms with Crippen molar-refractivity contribution in [3.8, 4) is 0 Å². The van der Waals surface area contributed by atoms with E-state index in [-0.39, 0.29) is 23.8 Å². The molecule has 4 nitrogen and oxygen atoms in total. The molecule has 2 aromatic rings. The molecule has 1 N–H and O–H groups in total. The molecule has 2 fully saturated rings. The van der Waals surface area contributed by atoms with Gasteiger partial charge in [-0.3, -0.25) is 9.69 Å². The zero-order valence-electron chi connectivity index (χ0n) is 14.5. The number of benzene rings is 1. The van der Waals surface area contributed by atoms with E-state index in [9.17, 15) is 13.6 Å². The Morgan fingerprint density at radius 3 is 2.69 bits per heavy atom. The Kier molecular flexibility index (Phi) is 4.76. The lowest BCUT2D eigenvalue weighted by Crippen LogP contribution is -2.44. The molecule has 1 aliphatic carbocycles. The van der Waals surface area contributed by atoms with Gasteiger partial charge in [0.1, 0.15) is 5.76 Å². The number of rotatable bonds is 5. The molecule has 1 aromatic carbocycles. The molecule has 1 aromatic heterocycles. The summed E-state index contributed by atoms with van der Waals surface area (Å²) in [6.07, 6.45) is 4.24. The number of hydrogen-bond acceptors (Lipinski definition) is 3. The van der Waals surface area contributed by atoms with Gasteiger partial charge in [-0.1, -0.05) is 6.07 Å². The molecule has 138 valence electrons. The number of likely N-dealkylation sites (tertiary alicyclic amines) is 1. The molecular weight excluding hydrogens is 338 g/mol. The predicted molar refractivity (Wildman–Crippen MR) is 92.4 cm³/mol. The highest BCUT2D eigenvalue weighted by molar-refractivity contribution is 5.83. The van der Waals surface area contributed by atoms with Crippen LogP contribution >= 0.6 is 0 Å². The zero-order chi connectivity index (χ0) is 18.1. The minimum atomic E-state index is -0.817. The summed E-state index contributed by atoms with van der Waals surface area (Å²) in [6.45, 7) is 2.26. The molecule has 2 atom stereocenters. The first kappa shape index (κ1) is 17.2. The normalized spacial score (nSPS) is 23.8. The van der Waals surface area contributed by atoms with Gasteiger partial charge in [0.25, 0.3) is 0 Å². The lowest BCUT2D eigenvalue weighted by molar-refractivity contribution is -0.123. The number of hydrogen-bond donors (Lipinski definition) is 1. The minimum absolute atomic E-state index is 0.0290. The molecule has 2 heterocycles. The lowest BCUT2D eigenvalue weighted by Gasteiger charge is -2.32. The van der Waals surface area contributed by atoms with Crippen LogP contribution in [-0.4, -0.2) is 29.9 Å². The Hall–Kier alpha value is -2.21. The number of nitrogens with one attached hydrogen (secondary N) is 1. The summed E-state index contributed by atoms with van der Waals surface area (Å²) in [6, 6.07) is 8.00. The Morgan fingerprint density at radius 2 is 2.00 bits per heavy atom. The van der Waals surface area contributed by atoms with Crippen LogP contribution in [0.3, 0.4) is 0 Å². The van der Waals surface area contributed by atoms with Crippen molar-refractivity contribution in [2.75, 3.05) is 13.1 Å². The highest BCUT2D eigenvalue weighted by Crippen LogP contribution is 2.47. The van der Waals surface area contributed by atoms with Gasteiger partial charge in [-0.15, -0.1) is 0 Å². The average molecular weight is 360 g/mol. The third-order valence-corrected chi connectivity index (χ3v) is 5.36. The van der Waals surface area contributed by atoms with Crippen molar-refractivity contribution in [3.05, 3.63) is 59.6 Å². The van der Waals surface area contributed by atoms with Crippen LogP contribution in [0.4, 0.5) is 8.78 Å². The molecule has 1 saturated carbocycles. The van der Waals surface area contributed by atoms with Gasteiger partial charge < -0.3 is 9.73 Å². The third-order valence-electron chi connectivity index (χ3n) is 5.36. The molecular formula is C20H22F2N2O2. The molecule has 1 aliphatic heterocycles. The van der Waals surface area contributed by atoms with E-state index < -0.39 is 11.6 Å². The van der Waals surface area contributed by atoms with Crippen LogP contribution in [0.25, 0.3) is 0 Å². The molecule has 2 unspecified atom stereocenters. The number of carbonyl (C=O) groups excluding carboxylic acids is 1. The van der Waals surface area contributed by atoms with Gasteiger partial charge in [-0.25, -0.2) is 8.78 Å². The topological polar surface area (TPSA) is 45.5 Å². The molecule has 2 aliphatic rings. The van der Waals surface area contributed by atoms with Crippen LogP contribution in [0.2, 0.25) is 0 Å². The fourth-order valence-corrected chi connectivity index (χ4v) is 3.74. The maximum Gasteiger partial charge on any atom is 0.224 e. The monoisotopic (exact) mass is 360 g/mol. The van der Waals surface area contributed by atoms with Crippen molar-refractivity contribution in [3.63, 3.8) is 0 Å². The van der Waals surface area contributed by atoms with Crippen LogP contribution in [-0.2, 0) is 11.3 Å². The van der Waals surface area contributed by atoms with Crippen molar-refractivity contribution >= 4 is 5.91 Å². The van der Waals surface area contributed by atoms with E-state index in [1.807, 2.05) is 12.1 Å². The second-order valence-electron chi connectivity index (χ2n) is 7.27. The smallest absolute Gasteiger partial charge is 0.224 e.